The molecule has 124 valence electrons. The van der Waals surface area contributed by atoms with E-state index in [1.54, 1.807) is 0 Å². The molecule has 1 N–H and O–H groups in total. The molecule has 2 heteroatoms. The van der Waals surface area contributed by atoms with Crippen LogP contribution >= 0.6 is 0 Å². The molecule has 0 aromatic rings. The average Bonchev–Trinajstić information content (AvgIpc) is 2.52. The summed E-state index contributed by atoms with van der Waals surface area (Å²) in [6.07, 6.45) is 9.94. The van der Waals surface area contributed by atoms with Gasteiger partial charge in [0.15, 0.2) is 0 Å². The Hall–Kier alpha value is -0.0800. The Labute approximate surface area is 133 Å². The van der Waals surface area contributed by atoms with Crippen molar-refractivity contribution in [2.45, 2.75) is 84.7 Å². The predicted molar refractivity (Wildman–Crippen MR) is 92.6 cm³/mol. The second-order valence-corrected chi connectivity index (χ2v) is 7.88. The number of nitrogens with one attached hydrogen (secondary N) is 1. The molecule has 2 rings (SSSR count). The fraction of sp³-hybridized carbons (Fsp3) is 1.00. The highest BCUT2D eigenvalue weighted by atomic mass is 15.2. The zero-order chi connectivity index (χ0) is 15.2. The summed E-state index contributed by atoms with van der Waals surface area (Å²) in [7, 11) is 0. The van der Waals surface area contributed by atoms with Crippen LogP contribution in [0.5, 0.6) is 0 Å². The molecule has 0 spiro atoms. The molecule has 5 unspecified atom stereocenters. The van der Waals surface area contributed by atoms with Gasteiger partial charge in [0, 0.05) is 25.2 Å². The first kappa shape index (κ1) is 17.3. The second-order valence-electron chi connectivity index (χ2n) is 7.88. The molecule has 0 aromatic carbocycles. The first-order chi connectivity index (χ1) is 10.1. The largest absolute Gasteiger partial charge is 0.311 e. The minimum absolute atomic E-state index is 0.711. The third kappa shape index (κ3) is 4.96. The summed E-state index contributed by atoms with van der Waals surface area (Å²) >= 11 is 0. The first-order valence-corrected chi connectivity index (χ1v) is 9.61. The van der Waals surface area contributed by atoms with E-state index in [-0.39, 0.29) is 0 Å². The molecule has 1 heterocycles. The van der Waals surface area contributed by atoms with Crippen LogP contribution in [0.1, 0.15) is 72.6 Å². The highest BCUT2D eigenvalue weighted by Gasteiger charge is 2.29. The standard InChI is InChI=1S/C19H38N2/c1-5-16(4)19-14-21(18(6-2)13-20-19)11-10-17-9-7-8-15(3)12-17/h15-20H,5-14H2,1-4H3. The topological polar surface area (TPSA) is 15.3 Å². The van der Waals surface area contributed by atoms with Crippen LogP contribution in [-0.2, 0) is 0 Å². The van der Waals surface area contributed by atoms with E-state index in [2.05, 4.69) is 37.9 Å². The Bertz CT molecular complexity index is 291. The van der Waals surface area contributed by atoms with Crippen LogP contribution in [0.2, 0.25) is 0 Å². The van der Waals surface area contributed by atoms with Crippen LogP contribution < -0.4 is 5.32 Å². The first-order valence-electron chi connectivity index (χ1n) is 9.61. The number of hydrogen-bond acceptors (Lipinski definition) is 2. The minimum atomic E-state index is 0.711. The van der Waals surface area contributed by atoms with E-state index in [1.807, 2.05) is 0 Å². The van der Waals surface area contributed by atoms with Gasteiger partial charge in [0.1, 0.15) is 0 Å². The third-order valence-electron chi connectivity index (χ3n) is 6.23. The minimum Gasteiger partial charge on any atom is -0.311 e. The normalized spacial score (nSPS) is 36.6. The second kappa shape index (κ2) is 8.53. The fourth-order valence-electron chi connectivity index (χ4n) is 4.40. The van der Waals surface area contributed by atoms with Crippen molar-refractivity contribution in [2.24, 2.45) is 17.8 Å². The van der Waals surface area contributed by atoms with E-state index < -0.39 is 0 Å². The number of hydrogen-bond donors (Lipinski definition) is 1. The van der Waals surface area contributed by atoms with Crippen LogP contribution in [0.3, 0.4) is 0 Å². The van der Waals surface area contributed by atoms with Gasteiger partial charge < -0.3 is 5.32 Å². The van der Waals surface area contributed by atoms with Gasteiger partial charge in [-0.1, -0.05) is 53.4 Å². The fourth-order valence-corrected chi connectivity index (χ4v) is 4.40. The Kier molecular flexibility index (Phi) is 7.01. The van der Waals surface area contributed by atoms with Crippen molar-refractivity contribution in [1.29, 1.82) is 0 Å². The van der Waals surface area contributed by atoms with Crippen molar-refractivity contribution >= 4 is 0 Å². The molecule has 1 aliphatic heterocycles. The van der Waals surface area contributed by atoms with Crippen molar-refractivity contribution < 1.29 is 0 Å². The van der Waals surface area contributed by atoms with Gasteiger partial charge in [0.2, 0.25) is 0 Å². The maximum Gasteiger partial charge on any atom is 0.0221 e. The van der Waals surface area contributed by atoms with Gasteiger partial charge in [-0.2, -0.15) is 0 Å². The van der Waals surface area contributed by atoms with Gasteiger partial charge in [-0.3, -0.25) is 4.90 Å². The van der Waals surface area contributed by atoms with E-state index in [4.69, 9.17) is 0 Å². The van der Waals surface area contributed by atoms with Crippen LogP contribution in [-0.4, -0.2) is 36.6 Å². The molecule has 1 saturated heterocycles. The highest BCUT2D eigenvalue weighted by Crippen LogP contribution is 2.31. The van der Waals surface area contributed by atoms with Crippen molar-refractivity contribution in [3.8, 4) is 0 Å². The van der Waals surface area contributed by atoms with Crippen molar-refractivity contribution in [1.82, 2.24) is 10.2 Å². The van der Waals surface area contributed by atoms with Crippen molar-refractivity contribution in [3.05, 3.63) is 0 Å². The number of rotatable bonds is 6. The molecule has 5 atom stereocenters. The van der Waals surface area contributed by atoms with E-state index in [9.17, 15) is 0 Å². The van der Waals surface area contributed by atoms with Gasteiger partial charge in [0.05, 0.1) is 0 Å². The summed E-state index contributed by atoms with van der Waals surface area (Å²) in [6, 6.07) is 1.48. The molecule has 21 heavy (non-hydrogen) atoms. The van der Waals surface area contributed by atoms with Crippen LogP contribution in [0.15, 0.2) is 0 Å². The summed E-state index contributed by atoms with van der Waals surface area (Å²) in [5, 5.41) is 3.80. The Morgan fingerprint density at radius 1 is 1.24 bits per heavy atom. The average molecular weight is 295 g/mol. The lowest BCUT2D eigenvalue weighted by Crippen LogP contribution is -2.58. The zero-order valence-electron chi connectivity index (χ0n) is 14.9. The quantitative estimate of drug-likeness (QED) is 0.785. The van der Waals surface area contributed by atoms with Gasteiger partial charge in [-0.05, 0) is 43.6 Å². The lowest BCUT2D eigenvalue weighted by atomic mass is 9.80. The van der Waals surface area contributed by atoms with Gasteiger partial charge in [0.25, 0.3) is 0 Å². The molecule has 2 aliphatic rings. The summed E-state index contributed by atoms with van der Waals surface area (Å²) in [6.45, 7) is 13.3. The Balaban J connectivity index is 1.82. The van der Waals surface area contributed by atoms with Gasteiger partial charge >= 0.3 is 0 Å². The summed E-state index contributed by atoms with van der Waals surface area (Å²) in [5.41, 5.74) is 0. The van der Waals surface area contributed by atoms with Gasteiger partial charge in [-0.15, -0.1) is 0 Å². The van der Waals surface area contributed by atoms with Crippen molar-refractivity contribution in [2.75, 3.05) is 19.6 Å². The molecule has 0 aromatic heterocycles. The molecule has 0 radical (unpaired) electrons. The summed E-state index contributed by atoms with van der Waals surface area (Å²) < 4.78 is 0. The van der Waals surface area contributed by atoms with E-state index in [0.717, 1.165) is 23.8 Å². The molecule has 1 saturated carbocycles. The number of piperazine rings is 1. The van der Waals surface area contributed by atoms with Crippen LogP contribution in [0.4, 0.5) is 0 Å². The lowest BCUT2D eigenvalue weighted by molar-refractivity contribution is 0.0948. The SMILES string of the molecule is CCC(C)C1CN(CCC2CCCC(C)C2)C(CC)CN1. The summed E-state index contributed by atoms with van der Waals surface area (Å²) in [5.74, 6) is 2.78. The third-order valence-corrected chi connectivity index (χ3v) is 6.23. The molecular formula is C19H38N2. The lowest BCUT2D eigenvalue weighted by Gasteiger charge is -2.43. The maximum absolute atomic E-state index is 3.80. The number of nitrogens with zero attached hydrogens (tertiary/aromatic N) is 1. The van der Waals surface area contributed by atoms with Crippen molar-refractivity contribution in [3.63, 3.8) is 0 Å². The molecule has 0 amide bonds. The Morgan fingerprint density at radius 3 is 2.71 bits per heavy atom. The van der Waals surface area contributed by atoms with E-state index in [0.29, 0.717) is 6.04 Å². The molecular weight excluding hydrogens is 256 g/mol. The molecule has 0 bridgehead atoms. The smallest absolute Gasteiger partial charge is 0.0221 e. The summed E-state index contributed by atoms with van der Waals surface area (Å²) in [4.78, 5) is 2.81. The molecule has 1 aliphatic carbocycles. The van der Waals surface area contributed by atoms with Crippen LogP contribution in [0, 0.1) is 17.8 Å². The van der Waals surface area contributed by atoms with Gasteiger partial charge in [-0.25, -0.2) is 0 Å². The molecule has 2 fully saturated rings. The monoisotopic (exact) mass is 294 g/mol. The zero-order valence-corrected chi connectivity index (χ0v) is 14.9. The maximum atomic E-state index is 3.80. The Morgan fingerprint density at radius 2 is 2.05 bits per heavy atom. The van der Waals surface area contributed by atoms with Crippen LogP contribution in [0.25, 0.3) is 0 Å². The highest BCUT2D eigenvalue weighted by molar-refractivity contribution is 4.88. The van der Waals surface area contributed by atoms with E-state index in [1.165, 1.54) is 64.6 Å². The van der Waals surface area contributed by atoms with E-state index >= 15 is 0 Å². The predicted octanol–water partition coefficient (Wildman–Crippen LogP) is 4.30. The molecule has 2 nitrogen and oxygen atoms in total.